The zero-order valence-corrected chi connectivity index (χ0v) is 17.4. The van der Waals surface area contributed by atoms with Crippen molar-refractivity contribution in [3.8, 4) is 5.75 Å². The van der Waals surface area contributed by atoms with Crippen molar-refractivity contribution in [3.63, 3.8) is 0 Å². The van der Waals surface area contributed by atoms with Crippen LogP contribution in [-0.2, 0) is 14.0 Å². The van der Waals surface area contributed by atoms with Gasteiger partial charge in [-0.3, -0.25) is 4.79 Å². The van der Waals surface area contributed by atoms with Gasteiger partial charge in [-0.15, -0.1) is 0 Å². The highest BCUT2D eigenvalue weighted by Crippen LogP contribution is 2.59. The Morgan fingerprint density at radius 2 is 2.00 bits per heavy atom. The van der Waals surface area contributed by atoms with Gasteiger partial charge in [0.1, 0.15) is 17.8 Å². The summed E-state index contributed by atoms with van der Waals surface area (Å²) in [5.74, 6) is 0.770. The van der Waals surface area contributed by atoms with Crippen LogP contribution in [0.15, 0.2) is 18.2 Å². The fourth-order valence-electron chi connectivity index (χ4n) is 3.34. The van der Waals surface area contributed by atoms with Crippen molar-refractivity contribution in [2.45, 2.75) is 70.9 Å². The summed E-state index contributed by atoms with van der Waals surface area (Å²) in [5.41, 5.74) is 2.29. The maximum atomic E-state index is 12.0. The molecule has 1 saturated carbocycles. The molecule has 4 nitrogen and oxygen atoms in total. The number of hydrogen-bond donors (Lipinski definition) is 0. The van der Waals surface area contributed by atoms with Gasteiger partial charge in [-0.25, -0.2) is 0 Å². The summed E-state index contributed by atoms with van der Waals surface area (Å²) in [4.78, 5) is 12.0. The second-order valence-electron chi connectivity index (χ2n) is 8.70. The van der Waals surface area contributed by atoms with Crippen LogP contribution in [0.4, 0.5) is 0 Å². The number of esters is 1. The molecule has 0 aromatic heterocycles. The number of carbonyl (C=O) groups excluding carboxylic acids is 1. The van der Waals surface area contributed by atoms with E-state index in [2.05, 4.69) is 52.9 Å². The lowest BCUT2D eigenvalue weighted by Gasteiger charge is -2.38. The van der Waals surface area contributed by atoms with Gasteiger partial charge in [0.05, 0.1) is 12.7 Å². The van der Waals surface area contributed by atoms with Crippen LogP contribution in [0, 0.1) is 5.92 Å². The number of hydrogen-bond acceptors (Lipinski definition) is 4. The van der Waals surface area contributed by atoms with E-state index in [-0.39, 0.29) is 35.1 Å². The average molecular weight is 363 g/mol. The Labute approximate surface area is 152 Å². The summed E-state index contributed by atoms with van der Waals surface area (Å²) in [6.07, 6.45) is -0.00838. The fourth-order valence-corrected chi connectivity index (χ4v) is 4.71. The zero-order valence-electron chi connectivity index (χ0n) is 16.4. The summed E-state index contributed by atoms with van der Waals surface area (Å²) in [5, 5.41) is 0.178. The molecule has 4 atom stereocenters. The van der Waals surface area contributed by atoms with Gasteiger partial charge in [-0.05, 0) is 49.7 Å². The normalized spacial score (nSPS) is 25.6. The van der Waals surface area contributed by atoms with Gasteiger partial charge in [-0.1, -0.05) is 26.8 Å². The molecule has 1 aliphatic heterocycles. The van der Waals surface area contributed by atoms with Crippen LogP contribution in [-0.4, -0.2) is 27.0 Å². The highest BCUT2D eigenvalue weighted by molar-refractivity contribution is 6.74. The number of benzene rings is 1. The van der Waals surface area contributed by atoms with Crippen LogP contribution in [0.25, 0.3) is 0 Å². The summed E-state index contributed by atoms with van der Waals surface area (Å²) in [7, 11) is -1.83. The Morgan fingerprint density at radius 1 is 1.32 bits per heavy atom. The Hall–Kier alpha value is -1.33. The predicted octanol–water partition coefficient (Wildman–Crippen LogP) is 4.81. The first-order valence-electron chi connectivity index (χ1n) is 9.22. The molecule has 0 amide bonds. The Morgan fingerprint density at radius 3 is 2.60 bits per heavy atom. The summed E-state index contributed by atoms with van der Waals surface area (Å²) < 4.78 is 17.6. The topological polar surface area (TPSA) is 44.8 Å². The molecule has 1 aliphatic carbocycles. The van der Waals surface area contributed by atoms with Crippen molar-refractivity contribution in [2.24, 2.45) is 5.92 Å². The second-order valence-corrected chi connectivity index (χ2v) is 13.5. The van der Waals surface area contributed by atoms with Gasteiger partial charge in [0.2, 0.25) is 0 Å². The molecule has 25 heavy (non-hydrogen) atoms. The molecule has 0 N–H and O–H groups in total. The molecule has 2 aliphatic rings. The van der Waals surface area contributed by atoms with E-state index in [4.69, 9.17) is 13.9 Å². The number of rotatable bonds is 5. The quantitative estimate of drug-likeness (QED) is 0.557. The molecule has 3 rings (SSSR count). The fraction of sp³-hybridized carbons (Fsp3) is 0.650. The molecule has 138 valence electrons. The van der Waals surface area contributed by atoms with Crippen molar-refractivity contribution in [3.05, 3.63) is 29.3 Å². The van der Waals surface area contributed by atoms with Crippen LogP contribution in [0.1, 0.15) is 57.8 Å². The maximum Gasteiger partial charge on any atom is 0.313 e. The molecule has 4 unspecified atom stereocenters. The minimum Gasteiger partial charge on any atom is -0.489 e. The van der Waals surface area contributed by atoms with Crippen LogP contribution in [0.3, 0.4) is 0 Å². The van der Waals surface area contributed by atoms with E-state index < -0.39 is 8.32 Å². The van der Waals surface area contributed by atoms with E-state index >= 15 is 0 Å². The molecule has 1 aromatic carbocycles. The maximum absolute atomic E-state index is 12.0. The molecule has 0 saturated heterocycles. The van der Waals surface area contributed by atoms with Gasteiger partial charge in [0, 0.05) is 11.5 Å². The lowest BCUT2D eigenvalue weighted by atomic mass is 10.0. The SMILES string of the molecule is CCOC(=O)C1C2Oc3ccc(C(C)O[Si](C)(C)C(C)(C)C)cc3C21. The standard InChI is InChI=1S/C20H30O4Si/c1-8-22-19(21)17-16-14-11-13(9-10-15(14)23-18(16)17)12(2)24-25(6,7)20(3,4)5/h9-12,16-18H,8H2,1-7H3. The molecule has 5 heteroatoms. The molecule has 1 fully saturated rings. The van der Waals surface area contributed by atoms with E-state index in [1.54, 1.807) is 0 Å². The smallest absolute Gasteiger partial charge is 0.313 e. The van der Waals surface area contributed by atoms with E-state index in [9.17, 15) is 4.79 Å². The van der Waals surface area contributed by atoms with Crippen molar-refractivity contribution in [1.29, 1.82) is 0 Å². The second kappa shape index (κ2) is 6.13. The minimum atomic E-state index is -1.83. The van der Waals surface area contributed by atoms with Crippen molar-refractivity contribution in [2.75, 3.05) is 6.61 Å². The van der Waals surface area contributed by atoms with E-state index in [1.807, 2.05) is 13.0 Å². The molecular weight excluding hydrogens is 332 g/mol. The number of ether oxygens (including phenoxy) is 2. The van der Waals surface area contributed by atoms with E-state index in [0.29, 0.717) is 6.61 Å². The Kier molecular flexibility index (Phi) is 4.53. The monoisotopic (exact) mass is 362 g/mol. The van der Waals surface area contributed by atoms with Crippen LogP contribution in [0.2, 0.25) is 18.1 Å². The summed E-state index contributed by atoms with van der Waals surface area (Å²) in [6.45, 7) is 15.7. The molecule has 0 spiro atoms. The summed E-state index contributed by atoms with van der Waals surface area (Å²) >= 11 is 0. The Bertz CT molecular complexity index is 677. The van der Waals surface area contributed by atoms with Gasteiger partial charge < -0.3 is 13.9 Å². The third kappa shape index (κ3) is 3.24. The van der Waals surface area contributed by atoms with Crippen molar-refractivity contribution >= 4 is 14.3 Å². The van der Waals surface area contributed by atoms with Gasteiger partial charge in [0.15, 0.2) is 8.32 Å². The van der Waals surface area contributed by atoms with Crippen LogP contribution >= 0.6 is 0 Å². The highest BCUT2D eigenvalue weighted by Gasteiger charge is 2.63. The Balaban J connectivity index is 1.76. The van der Waals surface area contributed by atoms with Crippen molar-refractivity contribution < 1.29 is 18.7 Å². The van der Waals surface area contributed by atoms with Crippen LogP contribution in [0.5, 0.6) is 5.75 Å². The molecular formula is C20H30O4Si. The first kappa shape index (κ1) is 18.5. The van der Waals surface area contributed by atoms with Crippen molar-refractivity contribution in [1.82, 2.24) is 0 Å². The largest absolute Gasteiger partial charge is 0.489 e. The third-order valence-electron chi connectivity index (χ3n) is 5.92. The molecule has 0 bridgehead atoms. The van der Waals surface area contributed by atoms with E-state index in [0.717, 1.165) is 16.9 Å². The lowest BCUT2D eigenvalue weighted by Crippen LogP contribution is -2.41. The summed E-state index contributed by atoms with van der Waals surface area (Å²) in [6, 6.07) is 6.27. The molecule has 1 aromatic rings. The third-order valence-corrected chi connectivity index (χ3v) is 10.5. The lowest BCUT2D eigenvalue weighted by molar-refractivity contribution is -0.145. The van der Waals surface area contributed by atoms with Gasteiger partial charge in [-0.2, -0.15) is 0 Å². The van der Waals surface area contributed by atoms with Gasteiger partial charge >= 0.3 is 5.97 Å². The molecule has 1 heterocycles. The zero-order chi connectivity index (χ0) is 18.6. The first-order valence-corrected chi connectivity index (χ1v) is 12.1. The highest BCUT2D eigenvalue weighted by atomic mass is 28.4. The van der Waals surface area contributed by atoms with Gasteiger partial charge in [0.25, 0.3) is 0 Å². The minimum absolute atomic E-state index is 0.0324. The first-order chi connectivity index (χ1) is 11.6. The molecule has 0 radical (unpaired) electrons. The predicted molar refractivity (Wildman–Crippen MR) is 100 cm³/mol. The van der Waals surface area contributed by atoms with Crippen LogP contribution < -0.4 is 4.74 Å². The van der Waals surface area contributed by atoms with E-state index in [1.165, 1.54) is 0 Å². The number of carbonyl (C=O) groups is 1. The average Bonchev–Trinajstić information content (AvgIpc) is 3.09. The number of fused-ring (bicyclic) bond motifs is 3.